The van der Waals surface area contributed by atoms with E-state index in [-0.39, 0.29) is 5.91 Å². The normalized spacial score (nSPS) is 14.1. The SMILES string of the molecule is CCc1ccccc1NC(=O)c1cccnc1N1CCCC1. The molecule has 1 fully saturated rings. The van der Waals surface area contributed by atoms with Crippen LogP contribution in [0, 0.1) is 0 Å². The summed E-state index contributed by atoms with van der Waals surface area (Å²) in [6.45, 7) is 4.04. The molecule has 1 N–H and O–H groups in total. The summed E-state index contributed by atoms with van der Waals surface area (Å²) in [7, 11) is 0. The van der Waals surface area contributed by atoms with Crippen molar-refractivity contribution in [3.8, 4) is 0 Å². The summed E-state index contributed by atoms with van der Waals surface area (Å²) in [5.41, 5.74) is 2.67. The number of nitrogens with zero attached hydrogens (tertiary/aromatic N) is 2. The zero-order chi connectivity index (χ0) is 15.4. The number of amides is 1. The summed E-state index contributed by atoms with van der Waals surface area (Å²) in [5.74, 6) is 0.711. The van der Waals surface area contributed by atoms with Crippen LogP contribution in [0.4, 0.5) is 11.5 Å². The summed E-state index contributed by atoms with van der Waals surface area (Å²) in [4.78, 5) is 19.3. The Bertz CT molecular complexity index is 663. The first-order chi connectivity index (χ1) is 10.8. The number of rotatable bonds is 4. The molecule has 0 unspecified atom stereocenters. The molecular weight excluding hydrogens is 274 g/mol. The molecule has 1 aromatic carbocycles. The fraction of sp³-hybridized carbons (Fsp3) is 0.333. The fourth-order valence-electron chi connectivity index (χ4n) is 2.90. The van der Waals surface area contributed by atoms with Crippen molar-refractivity contribution in [3.63, 3.8) is 0 Å². The van der Waals surface area contributed by atoms with Gasteiger partial charge in [-0.05, 0) is 43.0 Å². The Hall–Kier alpha value is -2.36. The van der Waals surface area contributed by atoms with Crippen molar-refractivity contribution in [3.05, 3.63) is 53.7 Å². The van der Waals surface area contributed by atoms with Gasteiger partial charge in [0, 0.05) is 25.0 Å². The molecule has 0 bridgehead atoms. The summed E-state index contributed by atoms with van der Waals surface area (Å²) < 4.78 is 0. The van der Waals surface area contributed by atoms with Crippen LogP contribution in [0.25, 0.3) is 0 Å². The van der Waals surface area contributed by atoms with E-state index in [4.69, 9.17) is 0 Å². The second-order valence-electron chi connectivity index (χ2n) is 5.53. The molecule has 1 amide bonds. The van der Waals surface area contributed by atoms with Crippen molar-refractivity contribution in [1.29, 1.82) is 0 Å². The maximum Gasteiger partial charge on any atom is 0.259 e. The van der Waals surface area contributed by atoms with Gasteiger partial charge in [-0.3, -0.25) is 4.79 Å². The predicted molar refractivity (Wildman–Crippen MR) is 89.5 cm³/mol. The number of aryl methyl sites for hydroxylation is 1. The van der Waals surface area contributed by atoms with Gasteiger partial charge in [0.2, 0.25) is 0 Å². The average molecular weight is 295 g/mol. The maximum absolute atomic E-state index is 12.7. The first-order valence-corrected chi connectivity index (χ1v) is 7.89. The van der Waals surface area contributed by atoms with E-state index in [1.807, 2.05) is 36.4 Å². The minimum absolute atomic E-state index is 0.0871. The highest BCUT2D eigenvalue weighted by atomic mass is 16.1. The highest BCUT2D eigenvalue weighted by molar-refractivity contribution is 6.07. The molecule has 2 aromatic rings. The van der Waals surface area contributed by atoms with E-state index in [2.05, 4.69) is 22.1 Å². The molecule has 4 nitrogen and oxygen atoms in total. The minimum atomic E-state index is -0.0871. The van der Waals surface area contributed by atoms with Gasteiger partial charge in [-0.25, -0.2) is 4.98 Å². The third-order valence-corrected chi connectivity index (χ3v) is 4.08. The number of para-hydroxylation sites is 1. The molecule has 3 rings (SSSR count). The smallest absolute Gasteiger partial charge is 0.259 e. The number of hydrogen-bond acceptors (Lipinski definition) is 3. The van der Waals surface area contributed by atoms with Crippen LogP contribution in [0.5, 0.6) is 0 Å². The number of pyridine rings is 1. The average Bonchev–Trinajstić information content (AvgIpc) is 3.09. The molecule has 2 heterocycles. The van der Waals surface area contributed by atoms with Crippen LogP contribution in [0.1, 0.15) is 35.7 Å². The molecule has 4 heteroatoms. The van der Waals surface area contributed by atoms with Crippen LogP contribution in [0.3, 0.4) is 0 Å². The number of nitrogens with one attached hydrogen (secondary N) is 1. The van der Waals surface area contributed by atoms with Crippen LogP contribution in [0.2, 0.25) is 0 Å². The lowest BCUT2D eigenvalue weighted by atomic mass is 10.1. The van der Waals surface area contributed by atoms with Gasteiger partial charge in [0.25, 0.3) is 5.91 Å². The van der Waals surface area contributed by atoms with Gasteiger partial charge in [0.15, 0.2) is 0 Å². The highest BCUT2D eigenvalue weighted by Gasteiger charge is 2.20. The van der Waals surface area contributed by atoms with E-state index in [0.717, 1.165) is 49.4 Å². The minimum Gasteiger partial charge on any atom is -0.356 e. The lowest BCUT2D eigenvalue weighted by Crippen LogP contribution is -2.24. The number of carbonyl (C=O) groups is 1. The molecule has 0 saturated carbocycles. The first kappa shape index (κ1) is 14.6. The zero-order valence-electron chi connectivity index (χ0n) is 12.9. The Morgan fingerprint density at radius 2 is 1.95 bits per heavy atom. The van der Waals surface area contributed by atoms with Gasteiger partial charge in [0.05, 0.1) is 5.56 Å². The summed E-state index contributed by atoms with van der Waals surface area (Å²) in [5, 5.41) is 3.04. The number of benzene rings is 1. The predicted octanol–water partition coefficient (Wildman–Crippen LogP) is 3.50. The maximum atomic E-state index is 12.7. The molecular formula is C18H21N3O. The summed E-state index contributed by atoms with van der Waals surface area (Å²) in [6, 6.07) is 11.6. The lowest BCUT2D eigenvalue weighted by Gasteiger charge is -2.19. The molecule has 114 valence electrons. The van der Waals surface area contributed by atoms with E-state index >= 15 is 0 Å². The topological polar surface area (TPSA) is 45.2 Å². The largest absolute Gasteiger partial charge is 0.356 e. The number of carbonyl (C=O) groups excluding carboxylic acids is 1. The van der Waals surface area contributed by atoms with Gasteiger partial charge in [-0.2, -0.15) is 0 Å². The molecule has 1 saturated heterocycles. The van der Waals surface area contributed by atoms with Crippen molar-refractivity contribution >= 4 is 17.4 Å². The molecule has 22 heavy (non-hydrogen) atoms. The third kappa shape index (κ3) is 2.96. The quantitative estimate of drug-likeness (QED) is 0.939. The Labute approximate surface area is 131 Å². The van der Waals surface area contributed by atoms with Crippen LogP contribution in [0.15, 0.2) is 42.6 Å². The van der Waals surface area contributed by atoms with E-state index in [1.54, 1.807) is 6.20 Å². The zero-order valence-corrected chi connectivity index (χ0v) is 12.9. The van der Waals surface area contributed by atoms with Crippen LogP contribution in [-0.4, -0.2) is 24.0 Å². The lowest BCUT2D eigenvalue weighted by molar-refractivity contribution is 0.102. The summed E-state index contributed by atoms with van der Waals surface area (Å²) in [6.07, 6.45) is 4.97. The molecule has 1 aromatic heterocycles. The second-order valence-corrected chi connectivity index (χ2v) is 5.53. The van der Waals surface area contributed by atoms with Crippen molar-refractivity contribution in [2.45, 2.75) is 26.2 Å². The number of aromatic nitrogens is 1. The van der Waals surface area contributed by atoms with Crippen molar-refractivity contribution in [2.24, 2.45) is 0 Å². The third-order valence-electron chi connectivity index (χ3n) is 4.08. The highest BCUT2D eigenvalue weighted by Crippen LogP contribution is 2.23. The van der Waals surface area contributed by atoms with E-state index in [1.165, 1.54) is 0 Å². The van der Waals surface area contributed by atoms with Crippen molar-refractivity contribution < 1.29 is 4.79 Å². The molecule has 0 spiro atoms. The summed E-state index contributed by atoms with van der Waals surface area (Å²) >= 11 is 0. The Morgan fingerprint density at radius 3 is 2.73 bits per heavy atom. The van der Waals surface area contributed by atoms with Gasteiger partial charge >= 0.3 is 0 Å². The monoisotopic (exact) mass is 295 g/mol. The van der Waals surface area contributed by atoms with Crippen LogP contribution < -0.4 is 10.2 Å². The van der Waals surface area contributed by atoms with Gasteiger partial charge < -0.3 is 10.2 Å². The van der Waals surface area contributed by atoms with Crippen LogP contribution in [-0.2, 0) is 6.42 Å². The standard InChI is InChI=1S/C18H21N3O/c1-2-14-8-3-4-10-16(14)20-18(22)15-9-7-11-19-17(15)21-12-5-6-13-21/h3-4,7-11H,2,5-6,12-13H2,1H3,(H,20,22). The van der Waals surface area contributed by atoms with E-state index in [0.29, 0.717) is 5.56 Å². The van der Waals surface area contributed by atoms with E-state index < -0.39 is 0 Å². The van der Waals surface area contributed by atoms with Crippen molar-refractivity contribution in [1.82, 2.24) is 4.98 Å². The fourth-order valence-corrected chi connectivity index (χ4v) is 2.90. The molecule has 0 atom stereocenters. The molecule has 1 aliphatic rings. The Kier molecular flexibility index (Phi) is 4.37. The molecule has 0 radical (unpaired) electrons. The molecule has 1 aliphatic heterocycles. The van der Waals surface area contributed by atoms with Gasteiger partial charge in [0.1, 0.15) is 5.82 Å². The molecule has 0 aliphatic carbocycles. The Morgan fingerprint density at radius 1 is 1.18 bits per heavy atom. The Balaban J connectivity index is 1.86. The van der Waals surface area contributed by atoms with Crippen LogP contribution >= 0.6 is 0 Å². The van der Waals surface area contributed by atoms with Gasteiger partial charge in [-0.1, -0.05) is 25.1 Å². The van der Waals surface area contributed by atoms with Gasteiger partial charge in [-0.15, -0.1) is 0 Å². The van der Waals surface area contributed by atoms with Crippen molar-refractivity contribution in [2.75, 3.05) is 23.3 Å². The number of hydrogen-bond donors (Lipinski definition) is 1. The first-order valence-electron chi connectivity index (χ1n) is 7.89. The number of anilines is 2. The second kappa shape index (κ2) is 6.60. The van der Waals surface area contributed by atoms with E-state index in [9.17, 15) is 4.79 Å².